The van der Waals surface area contributed by atoms with Gasteiger partial charge in [0, 0.05) is 30.3 Å². The number of amides is 1. The fourth-order valence-electron chi connectivity index (χ4n) is 2.72. The first-order valence-corrected chi connectivity index (χ1v) is 9.75. The van der Waals surface area contributed by atoms with Crippen molar-refractivity contribution in [2.24, 2.45) is 0 Å². The van der Waals surface area contributed by atoms with E-state index in [-0.39, 0.29) is 17.6 Å². The summed E-state index contributed by atoms with van der Waals surface area (Å²) in [5.41, 5.74) is 2.04. The molecule has 0 radical (unpaired) electrons. The van der Waals surface area contributed by atoms with Gasteiger partial charge in [-0.25, -0.2) is 0 Å². The first kappa shape index (κ1) is 20.5. The molecule has 1 aliphatic heterocycles. The van der Waals surface area contributed by atoms with Crippen molar-refractivity contribution in [1.82, 2.24) is 10.2 Å². The molecule has 0 unspecified atom stereocenters. The largest absolute Gasteiger partial charge is 0.484 e. The Morgan fingerprint density at radius 2 is 1.79 bits per heavy atom. The quantitative estimate of drug-likeness (QED) is 0.702. The fraction of sp³-hybridized carbons (Fsp3) is 0.300. The molecule has 0 aromatic heterocycles. The Morgan fingerprint density at radius 1 is 1.11 bits per heavy atom. The highest BCUT2D eigenvalue weighted by Gasteiger charge is 2.11. The smallest absolute Gasteiger partial charge is 0.264 e. The first-order chi connectivity index (χ1) is 13.6. The highest BCUT2D eigenvalue weighted by Crippen LogP contribution is 2.15. The number of nitrogens with one attached hydrogen (secondary N) is 2. The van der Waals surface area contributed by atoms with E-state index in [0.717, 1.165) is 38.5 Å². The van der Waals surface area contributed by atoms with Crippen molar-refractivity contribution in [2.75, 3.05) is 38.2 Å². The van der Waals surface area contributed by atoms with E-state index in [1.54, 1.807) is 24.3 Å². The van der Waals surface area contributed by atoms with Gasteiger partial charge in [-0.1, -0.05) is 23.7 Å². The third-order valence-electron chi connectivity index (χ3n) is 4.16. The molecule has 2 aromatic carbocycles. The average Bonchev–Trinajstić information content (AvgIpc) is 2.70. The predicted molar refractivity (Wildman–Crippen MR) is 114 cm³/mol. The van der Waals surface area contributed by atoms with E-state index in [0.29, 0.717) is 10.8 Å². The molecule has 1 saturated heterocycles. The van der Waals surface area contributed by atoms with E-state index in [1.807, 2.05) is 24.3 Å². The minimum Gasteiger partial charge on any atom is -0.484 e. The maximum absolute atomic E-state index is 12.0. The van der Waals surface area contributed by atoms with Crippen LogP contribution in [-0.4, -0.2) is 48.8 Å². The summed E-state index contributed by atoms with van der Waals surface area (Å²) in [5, 5.41) is 6.44. The van der Waals surface area contributed by atoms with Crippen LogP contribution in [0.15, 0.2) is 48.5 Å². The van der Waals surface area contributed by atoms with Crippen LogP contribution < -0.4 is 15.4 Å². The molecule has 2 N–H and O–H groups in total. The Hall–Kier alpha value is -2.19. The van der Waals surface area contributed by atoms with Crippen molar-refractivity contribution in [3.8, 4) is 5.75 Å². The van der Waals surface area contributed by atoms with Gasteiger partial charge in [0.1, 0.15) is 5.75 Å². The van der Waals surface area contributed by atoms with Crippen molar-refractivity contribution in [3.05, 3.63) is 59.1 Å². The number of anilines is 1. The topological polar surface area (TPSA) is 62.8 Å². The summed E-state index contributed by atoms with van der Waals surface area (Å²) >= 11 is 11.0. The van der Waals surface area contributed by atoms with Gasteiger partial charge in [0.25, 0.3) is 5.91 Å². The fourth-order valence-corrected chi connectivity index (χ4v) is 3.07. The molecule has 1 heterocycles. The van der Waals surface area contributed by atoms with Gasteiger partial charge >= 0.3 is 0 Å². The lowest BCUT2D eigenvalue weighted by Crippen LogP contribution is -2.37. The molecule has 0 atom stereocenters. The van der Waals surface area contributed by atoms with Crippen LogP contribution in [0, 0.1) is 0 Å². The SMILES string of the molecule is O=C(COc1ccc(Cl)cc1)NC(=S)Nc1ccc(CN2CCOCC2)cc1. The average molecular weight is 420 g/mol. The van der Waals surface area contributed by atoms with Crippen LogP contribution in [0.4, 0.5) is 5.69 Å². The molecule has 0 saturated carbocycles. The number of nitrogens with zero attached hydrogens (tertiary/aromatic N) is 1. The maximum atomic E-state index is 12.0. The van der Waals surface area contributed by atoms with Gasteiger partial charge in [0.15, 0.2) is 11.7 Å². The zero-order valence-corrected chi connectivity index (χ0v) is 16.9. The summed E-state index contributed by atoms with van der Waals surface area (Å²) in [6, 6.07) is 14.8. The third kappa shape index (κ3) is 6.76. The molecule has 6 nitrogen and oxygen atoms in total. The number of rotatable bonds is 6. The van der Waals surface area contributed by atoms with E-state index < -0.39 is 0 Å². The molecule has 1 amide bonds. The van der Waals surface area contributed by atoms with Crippen LogP contribution in [0.3, 0.4) is 0 Å². The van der Waals surface area contributed by atoms with Crippen LogP contribution in [0.25, 0.3) is 0 Å². The van der Waals surface area contributed by atoms with Crippen molar-refractivity contribution in [3.63, 3.8) is 0 Å². The minimum atomic E-state index is -0.337. The molecule has 0 bridgehead atoms. The van der Waals surface area contributed by atoms with Gasteiger partial charge in [-0.3, -0.25) is 15.0 Å². The second-order valence-corrected chi connectivity index (χ2v) is 7.18. The van der Waals surface area contributed by atoms with Gasteiger partial charge in [-0.2, -0.15) is 0 Å². The zero-order chi connectivity index (χ0) is 19.8. The van der Waals surface area contributed by atoms with E-state index in [9.17, 15) is 4.79 Å². The van der Waals surface area contributed by atoms with E-state index >= 15 is 0 Å². The first-order valence-electron chi connectivity index (χ1n) is 8.97. The molecule has 8 heteroatoms. The molecule has 3 rings (SSSR count). The number of thiocarbonyl (C=S) groups is 1. The highest BCUT2D eigenvalue weighted by molar-refractivity contribution is 7.80. The van der Waals surface area contributed by atoms with E-state index in [4.69, 9.17) is 33.3 Å². The minimum absolute atomic E-state index is 0.137. The summed E-state index contributed by atoms with van der Waals surface area (Å²) in [7, 11) is 0. The molecule has 1 fully saturated rings. The summed E-state index contributed by atoms with van der Waals surface area (Å²) in [6.45, 7) is 4.24. The Labute approximate surface area is 174 Å². The second kappa shape index (κ2) is 10.4. The number of morpholine rings is 1. The Morgan fingerprint density at radius 3 is 2.46 bits per heavy atom. The van der Waals surface area contributed by atoms with Gasteiger partial charge < -0.3 is 14.8 Å². The van der Waals surface area contributed by atoms with Gasteiger partial charge in [-0.15, -0.1) is 0 Å². The number of hydrogen-bond acceptors (Lipinski definition) is 5. The lowest BCUT2D eigenvalue weighted by atomic mass is 10.2. The van der Waals surface area contributed by atoms with Gasteiger partial charge in [0.2, 0.25) is 0 Å². The summed E-state index contributed by atoms with van der Waals surface area (Å²) in [4.78, 5) is 14.3. The van der Waals surface area contributed by atoms with Crippen LogP contribution >= 0.6 is 23.8 Å². The van der Waals surface area contributed by atoms with Crippen molar-refractivity contribution >= 4 is 40.5 Å². The molecule has 0 aliphatic carbocycles. The van der Waals surface area contributed by atoms with E-state index in [2.05, 4.69) is 15.5 Å². The summed E-state index contributed by atoms with van der Waals surface area (Å²) < 4.78 is 10.8. The standard InChI is InChI=1S/C20H22ClN3O3S/c21-16-3-7-18(8-4-16)27-14-19(25)23-20(28)22-17-5-1-15(2-6-17)13-24-9-11-26-12-10-24/h1-8H,9-14H2,(H2,22,23,25,28). The third-order valence-corrected chi connectivity index (χ3v) is 4.61. The lowest BCUT2D eigenvalue weighted by molar-refractivity contribution is -0.121. The Balaban J connectivity index is 1.41. The number of carbonyl (C=O) groups excluding carboxylic acids is 1. The Bertz CT molecular complexity index is 793. The van der Waals surface area contributed by atoms with Gasteiger partial charge in [-0.05, 0) is 54.2 Å². The van der Waals surface area contributed by atoms with Crippen molar-refractivity contribution in [2.45, 2.75) is 6.54 Å². The van der Waals surface area contributed by atoms with Crippen LogP contribution in [0.2, 0.25) is 5.02 Å². The predicted octanol–water partition coefficient (Wildman–Crippen LogP) is 3.06. The number of halogens is 1. The molecule has 28 heavy (non-hydrogen) atoms. The molecular weight excluding hydrogens is 398 g/mol. The number of carbonyl (C=O) groups is 1. The highest BCUT2D eigenvalue weighted by atomic mass is 35.5. The van der Waals surface area contributed by atoms with Crippen LogP contribution in [-0.2, 0) is 16.1 Å². The zero-order valence-electron chi connectivity index (χ0n) is 15.3. The number of benzene rings is 2. The number of ether oxygens (including phenoxy) is 2. The van der Waals surface area contributed by atoms with Crippen molar-refractivity contribution < 1.29 is 14.3 Å². The Kier molecular flexibility index (Phi) is 7.62. The summed E-state index contributed by atoms with van der Waals surface area (Å²) in [6.07, 6.45) is 0. The summed E-state index contributed by atoms with van der Waals surface area (Å²) in [5.74, 6) is 0.227. The number of hydrogen-bond donors (Lipinski definition) is 2. The monoisotopic (exact) mass is 419 g/mol. The second-order valence-electron chi connectivity index (χ2n) is 6.33. The van der Waals surface area contributed by atoms with E-state index in [1.165, 1.54) is 5.56 Å². The maximum Gasteiger partial charge on any atom is 0.264 e. The molecule has 2 aromatic rings. The normalized spacial score (nSPS) is 14.3. The van der Waals surface area contributed by atoms with Crippen molar-refractivity contribution in [1.29, 1.82) is 0 Å². The van der Waals surface area contributed by atoms with Gasteiger partial charge in [0.05, 0.1) is 13.2 Å². The van der Waals surface area contributed by atoms with Crippen LogP contribution in [0.5, 0.6) is 5.75 Å². The lowest BCUT2D eigenvalue weighted by Gasteiger charge is -2.26. The molecule has 1 aliphatic rings. The molecular formula is C20H22ClN3O3S. The van der Waals surface area contributed by atoms with Crippen LogP contribution in [0.1, 0.15) is 5.56 Å². The molecule has 148 valence electrons. The molecule has 0 spiro atoms.